The molecule has 3 aromatic rings. The van der Waals surface area contributed by atoms with E-state index in [1.165, 1.54) is 12.1 Å². The molecule has 136 valence electrons. The summed E-state index contributed by atoms with van der Waals surface area (Å²) in [6, 6.07) is 9.69. The summed E-state index contributed by atoms with van der Waals surface area (Å²) in [7, 11) is 1.58. The van der Waals surface area contributed by atoms with Crippen LogP contribution in [-0.4, -0.2) is 21.9 Å². The van der Waals surface area contributed by atoms with Crippen molar-refractivity contribution in [3.05, 3.63) is 68.4 Å². The third kappa shape index (κ3) is 4.23. The number of benzene rings is 2. The van der Waals surface area contributed by atoms with Crippen LogP contribution in [0.5, 0.6) is 5.75 Å². The Balaban J connectivity index is 1.83. The van der Waals surface area contributed by atoms with Crippen LogP contribution in [0.1, 0.15) is 11.4 Å². The molecule has 0 atom stereocenters. The maximum absolute atomic E-state index is 13.1. The molecule has 4 nitrogen and oxygen atoms in total. The molecular formula is C17H14Cl2FN3OS2. The highest BCUT2D eigenvalue weighted by atomic mass is 35.5. The van der Waals surface area contributed by atoms with Gasteiger partial charge in [0.15, 0.2) is 4.77 Å². The second-order valence-electron chi connectivity index (χ2n) is 5.33. The van der Waals surface area contributed by atoms with Crippen molar-refractivity contribution in [1.82, 2.24) is 14.8 Å². The van der Waals surface area contributed by atoms with Gasteiger partial charge in [-0.3, -0.25) is 9.67 Å². The van der Waals surface area contributed by atoms with E-state index < -0.39 is 0 Å². The van der Waals surface area contributed by atoms with Gasteiger partial charge in [-0.1, -0.05) is 29.3 Å². The van der Waals surface area contributed by atoms with Crippen LogP contribution in [0.4, 0.5) is 4.39 Å². The number of aromatic nitrogens is 3. The fraction of sp³-hybridized carbons (Fsp3) is 0.176. The minimum Gasteiger partial charge on any atom is -0.495 e. The Labute approximate surface area is 169 Å². The molecule has 1 aromatic heterocycles. The van der Waals surface area contributed by atoms with Crippen LogP contribution < -0.4 is 4.74 Å². The summed E-state index contributed by atoms with van der Waals surface area (Å²) in [6.45, 7) is 0. The number of nitrogens with zero attached hydrogens (tertiary/aromatic N) is 2. The molecule has 9 heteroatoms. The highest BCUT2D eigenvalue weighted by Crippen LogP contribution is 2.29. The quantitative estimate of drug-likeness (QED) is 0.501. The summed E-state index contributed by atoms with van der Waals surface area (Å²) in [5.41, 5.74) is 1.58. The van der Waals surface area contributed by atoms with Gasteiger partial charge in [0.05, 0.1) is 18.6 Å². The molecular weight excluding hydrogens is 416 g/mol. The molecule has 26 heavy (non-hydrogen) atoms. The molecule has 0 saturated heterocycles. The largest absolute Gasteiger partial charge is 0.495 e. The number of hydrogen-bond acceptors (Lipinski definition) is 4. The average molecular weight is 430 g/mol. The van der Waals surface area contributed by atoms with Gasteiger partial charge in [-0.25, -0.2) is 4.39 Å². The second kappa shape index (κ2) is 8.43. The maximum Gasteiger partial charge on any atom is 0.200 e. The molecule has 3 rings (SSSR count). The van der Waals surface area contributed by atoms with E-state index in [0.29, 0.717) is 37.8 Å². The van der Waals surface area contributed by atoms with Gasteiger partial charge in [0.25, 0.3) is 0 Å². The van der Waals surface area contributed by atoms with Gasteiger partial charge >= 0.3 is 0 Å². The van der Waals surface area contributed by atoms with Gasteiger partial charge in [0.1, 0.15) is 17.4 Å². The van der Waals surface area contributed by atoms with Gasteiger partial charge < -0.3 is 4.74 Å². The van der Waals surface area contributed by atoms with Crippen LogP contribution in [0, 0.1) is 10.6 Å². The van der Waals surface area contributed by atoms with Gasteiger partial charge in [-0.2, -0.15) is 5.10 Å². The van der Waals surface area contributed by atoms with Crippen molar-refractivity contribution in [3.8, 4) is 11.4 Å². The number of rotatable bonds is 6. The van der Waals surface area contributed by atoms with Gasteiger partial charge in [0, 0.05) is 15.8 Å². The minimum atomic E-state index is -0.349. The van der Waals surface area contributed by atoms with Crippen LogP contribution in [0.3, 0.4) is 0 Å². The number of hydrogen-bond donors (Lipinski definition) is 1. The second-order valence-corrected chi connectivity index (χ2v) is 7.54. The van der Waals surface area contributed by atoms with E-state index in [1.54, 1.807) is 47.7 Å². The zero-order valence-electron chi connectivity index (χ0n) is 13.6. The first kappa shape index (κ1) is 19.2. The molecule has 0 aliphatic carbocycles. The minimum absolute atomic E-state index is 0.349. The Hall–Kier alpha value is -1.54. The molecule has 2 aromatic carbocycles. The van der Waals surface area contributed by atoms with Crippen molar-refractivity contribution < 1.29 is 9.13 Å². The topological polar surface area (TPSA) is 42.8 Å². The Bertz CT molecular complexity index is 990. The summed E-state index contributed by atoms with van der Waals surface area (Å²) in [4.78, 5) is 0. The van der Waals surface area contributed by atoms with Crippen LogP contribution in [0.15, 0.2) is 36.4 Å². The summed E-state index contributed by atoms with van der Waals surface area (Å²) in [5.74, 6) is 2.19. The lowest BCUT2D eigenvalue weighted by Gasteiger charge is -2.12. The molecule has 0 saturated carbocycles. The number of thioether (sulfide) groups is 1. The van der Waals surface area contributed by atoms with E-state index in [-0.39, 0.29) is 5.82 Å². The summed E-state index contributed by atoms with van der Waals surface area (Å²) >= 11 is 19.1. The van der Waals surface area contributed by atoms with E-state index in [2.05, 4.69) is 10.2 Å². The molecule has 0 aliphatic heterocycles. The zero-order chi connectivity index (χ0) is 18.7. The number of ether oxygens (including phenoxy) is 1. The Morgan fingerprint density at radius 2 is 2.04 bits per heavy atom. The standard InChI is InChI=1S/C17H14Cl2FN3OS2/c1-24-15-5-3-11(18)6-14(15)23-16(21-22-17(23)25)9-26-8-10-2-4-12(20)7-13(10)19/h2-7H,8-9H2,1H3,(H,22,25). The number of nitrogens with one attached hydrogen (secondary N) is 1. The molecule has 1 heterocycles. The van der Waals surface area contributed by atoms with Crippen LogP contribution in [-0.2, 0) is 11.5 Å². The van der Waals surface area contributed by atoms with E-state index >= 15 is 0 Å². The molecule has 0 spiro atoms. The van der Waals surface area contributed by atoms with Crippen molar-refractivity contribution in [2.75, 3.05) is 7.11 Å². The van der Waals surface area contributed by atoms with Crippen LogP contribution in [0.2, 0.25) is 10.0 Å². The van der Waals surface area contributed by atoms with E-state index in [4.69, 9.17) is 40.2 Å². The Morgan fingerprint density at radius 1 is 1.23 bits per heavy atom. The zero-order valence-corrected chi connectivity index (χ0v) is 16.8. The molecule has 1 N–H and O–H groups in total. The average Bonchev–Trinajstić information content (AvgIpc) is 2.97. The van der Waals surface area contributed by atoms with E-state index in [9.17, 15) is 4.39 Å². The number of aromatic amines is 1. The molecule has 0 unspecified atom stereocenters. The fourth-order valence-corrected chi connectivity index (χ4v) is 4.08. The van der Waals surface area contributed by atoms with Crippen LogP contribution >= 0.6 is 47.2 Å². The smallest absolute Gasteiger partial charge is 0.200 e. The van der Waals surface area contributed by atoms with E-state index in [0.717, 1.165) is 11.4 Å². The van der Waals surface area contributed by atoms with Crippen molar-refractivity contribution in [2.45, 2.75) is 11.5 Å². The van der Waals surface area contributed by atoms with Gasteiger partial charge in [-0.15, -0.1) is 11.8 Å². The summed E-state index contributed by atoms with van der Waals surface area (Å²) in [5, 5.41) is 8.08. The Morgan fingerprint density at radius 3 is 2.77 bits per heavy atom. The normalized spacial score (nSPS) is 10.9. The summed E-state index contributed by atoms with van der Waals surface area (Å²) in [6.07, 6.45) is 0. The van der Waals surface area contributed by atoms with Crippen molar-refractivity contribution in [1.29, 1.82) is 0 Å². The summed E-state index contributed by atoms with van der Waals surface area (Å²) < 4.78 is 20.8. The first-order valence-corrected chi connectivity index (χ1v) is 9.83. The Kier molecular flexibility index (Phi) is 6.24. The molecule has 0 bridgehead atoms. The third-order valence-electron chi connectivity index (χ3n) is 3.63. The number of halogens is 3. The highest BCUT2D eigenvalue weighted by molar-refractivity contribution is 7.97. The third-order valence-corrected chi connectivity index (χ3v) is 5.47. The SMILES string of the molecule is COc1ccc(Cl)cc1-n1c(CSCc2ccc(F)cc2Cl)n[nH]c1=S. The first-order chi connectivity index (χ1) is 12.5. The lowest BCUT2D eigenvalue weighted by Crippen LogP contribution is -2.03. The first-order valence-electron chi connectivity index (χ1n) is 7.51. The number of H-pyrrole nitrogens is 1. The van der Waals surface area contributed by atoms with Crippen molar-refractivity contribution in [3.63, 3.8) is 0 Å². The van der Waals surface area contributed by atoms with Gasteiger partial charge in [-0.05, 0) is 48.1 Å². The van der Waals surface area contributed by atoms with Crippen LogP contribution in [0.25, 0.3) is 5.69 Å². The van der Waals surface area contributed by atoms with Gasteiger partial charge in [0.2, 0.25) is 0 Å². The lowest BCUT2D eigenvalue weighted by molar-refractivity contribution is 0.412. The maximum atomic E-state index is 13.1. The molecule has 0 radical (unpaired) electrons. The predicted molar refractivity (Wildman–Crippen MR) is 107 cm³/mol. The van der Waals surface area contributed by atoms with Crippen molar-refractivity contribution >= 4 is 47.2 Å². The molecule has 0 fully saturated rings. The van der Waals surface area contributed by atoms with Crippen molar-refractivity contribution in [2.24, 2.45) is 0 Å². The lowest BCUT2D eigenvalue weighted by atomic mass is 10.2. The monoisotopic (exact) mass is 429 g/mol. The molecule has 0 aliphatic rings. The fourth-order valence-electron chi connectivity index (χ4n) is 2.40. The van der Waals surface area contributed by atoms with E-state index in [1.807, 2.05) is 0 Å². The molecule has 0 amide bonds. The number of methoxy groups -OCH3 is 1. The highest BCUT2D eigenvalue weighted by Gasteiger charge is 2.14. The predicted octanol–water partition coefficient (Wildman–Crippen LogP) is 5.82.